The number of rotatable bonds is 1. The van der Waals surface area contributed by atoms with Gasteiger partial charge >= 0.3 is 0 Å². The molecule has 1 amide bonds. The summed E-state index contributed by atoms with van der Waals surface area (Å²) in [5, 5.41) is 6.47. The Labute approximate surface area is 35.7 Å². The van der Waals surface area contributed by atoms with Crippen molar-refractivity contribution in [1.82, 2.24) is 0 Å². The molecule has 0 aliphatic heterocycles. The highest BCUT2D eigenvalue weighted by atomic mass is 16.1. The highest BCUT2D eigenvalue weighted by Crippen LogP contribution is 1.59. The number of hydrogen-bond acceptors (Lipinski definition) is 2. The van der Waals surface area contributed by atoms with Crippen LogP contribution in [0.25, 0.3) is 0 Å². The molecule has 3 heteroatoms. The number of carbonyl (C=O) groups is 1. The zero-order valence-electron chi connectivity index (χ0n) is 3.49. The van der Waals surface area contributed by atoms with E-state index in [9.17, 15) is 4.79 Å². The van der Waals surface area contributed by atoms with Crippen molar-refractivity contribution in [2.45, 2.75) is 6.92 Å². The topological polar surface area (TPSA) is 66.9 Å². The molecule has 0 rings (SSSR count). The molecule has 0 saturated heterocycles. The summed E-state index contributed by atoms with van der Waals surface area (Å²) in [7, 11) is 0. The molecule has 0 aromatic heterocycles. The van der Waals surface area contributed by atoms with Crippen LogP contribution in [-0.2, 0) is 4.79 Å². The predicted molar refractivity (Wildman–Crippen MR) is 22.6 cm³/mol. The lowest BCUT2D eigenvalue weighted by atomic mass is 10.4. The molecular weight excluding hydrogens is 80.0 g/mol. The number of primary amides is 1. The first kappa shape index (κ1) is 5.14. The van der Waals surface area contributed by atoms with Crippen LogP contribution in [0.1, 0.15) is 6.92 Å². The van der Waals surface area contributed by atoms with E-state index < -0.39 is 5.91 Å². The van der Waals surface area contributed by atoms with Gasteiger partial charge in [-0.25, -0.2) is 0 Å². The summed E-state index contributed by atoms with van der Waals surface area (Å²) in [6, 6.07) is 0. The van der Waals surface area contributed by atoms with Crippen molar-refractivity contribution in [3.63, 3.8) is 0 Å². The number of nitrogens with two attached hydrogens (primary N) is 1. The lowest BCUT2D eigenvalue weighted by Gasteiger charge is -1.79. The lowest BCUT2D eigenvalue weighted by Crippen LogP contribution is -2.18. The summed E-state index contributed by atoms with van der Waals surface area (Å²) in [4.78, 5) is 9.70. The summed E-state index contributed by atoms with van der Waals surface area (Å²) in [6.45, 7) is 1.35. The van der Waals surface area contributed by atoms with Crippen LogP contribution in [0.5, 0.6) is 0 Å². The highest BCUT2D eigenvalue weighted by molar-refractivity contribution is 6.35. The fraction of sp³-hybridized carbons (Fsp3) is 0.333. The number of amides is 1. The number of carbonyl (C=O) groups excluding carboxylic acids is 1. The van der Waals surface area contributed by atoms with Gasteiger partial charge in [-0.05, 0) is 6.92 Å². The highest BCUT2D eigenvalue weighted by Gasteiger charge is 1.89. The minimum absolute atomic E-state index is 0.102. The largest absolute Gasteiger partial charge is 0.365 e. The Morgan fingerprint density at radius 3 is 2.00 bits per heavy atom. The van der Waals surface area contributed by atoms with Crippen LogP contribution in [0.4, 0.5) is 0 Å². The van der Waals surface area contributed by atoms with E-state index in [-0.39, 0.29) is 5.71 Å². The van der Waals surface area contributed by atoms with Gasteiger partial charge in [-0.3, -0.25) is 10.2 Å². The fourth-order valence-electron chi connectivity index (χ4n) is 0. The predicted octanol–water partition coefficient (Wildman–Crippen LogP) is -0.489. The molecule has 0 aliphatic rings. The monoisotopic (exact) mass is 86.0 g/mol. The maximum Gasteiger partial charge on any atom is 0.262 e. The molecule has 34 valence electrons. The first-order chi connectivity index (χ1) is 2.64. The van der Waals surface area contributed by atoms with Crippen molar-refractivity contribution in [2.24, 2.45) is 5.73 Å². The van der Waals surface area contributed by atoms with Crippen LogP contribution >= 0.6 is 0 Å². The van der Waals surface area contributed by atoms with E-state index in [1.165, 1.54) is 6.92 Å². The number of nitrogens with one attached hydrogen (secondary N) is 1. The number of hydrogen-bond donors (Lipinski definition) is 2. The molecule has 0 radical (unpaired) electrons. The second kappa shape index (κ2) is 1.55. The minimum atomic E-state index is -0.657. The Hall–Kier alpha value is -0.860. The van der Waals surface area contributed by atoms with Crippen LogP contribution < -0.4 is 5.73 Å². The minimum Gasteiger partial charge on any atom is -0.365 e. The van der Waals surface area contributed by atoms with Gasteiger partial charge in [0.05, 0.1) is 5.71 Å². The van der Waals surface area contributed by atoms with E-state index in [1.807, 2.05) is 0 Å². The molecule has 3 N–H and O–H groups in total. The van der Waals surface area contributed by atoms with Crippen LogP contribution in [0, 0.1) is 5.41 Å². The second-order valence-electron chi connectivity index (χ2n) is 0.989. The molecular formula is C3H6N2O. The average molecular weight is 86.1 g/mol. The van der Waals surface area contributed by atoms with E-state index in [2.05, 4.69) is 5.73 Å². The Morgan fingerprint density at radius 1 is 1.83 bits per heavy atom. The zero-order chi connectivity index (χ0) is 5.15. The van der Waals surface area contributed by atoms with Crippen molar-refractivity contribution in [3.05, 3.63) is 0 Å². The third kappa shape index (κ3) is 1.46. The van der Waals surface area contributed by atoms with Gasteiger partial charge in [0.1, 0.15) is 0 Å². The maximum atomic E-state index is 9.70. The third-order valence-corrected chi connectivity index (χ3v) is 0.370. The molecule has 0 heterocycles. The Kier molecular flexibility index (Phi) is 1.32. The van der Waals surface area contributed by atoms with Crippen LogP contribution in [0.2, 0.25) is 0 Å². The summed E-state index contributed by atoms with van der Waals surface area (Å²) in [5.41, 5.74) is 4.47. The van der Waals surface area contributed by atoms with Gasteiger partial charge in [0, 0.05) is 0 Å². The third-order valence-electron chi connectivity index (χ3n) is 0.370. The molecule has 3 nitrogen and oxygen atoms in total. The first-order valence-electron chi connectivity index (χ1n) is 1.49. The molecule has 6 heavy (non-hydrogen) atoms. The van der Waals surface area contributed by atoms with Crippen molar-refractivity contribution < 1.29 is 4.79 Å². The Bertz CT molecular complexity index is 74.8. The normalized spacial score (nSPS) is 7.50. The molecule has 0 saturated carbocycles. The lowest BCUT2D eigenvalue weighted by molar-refractivity contribution is -0.112. The Balaban J connectivity index is 3.57. The van der Waals surface area contributed by atoms with E-state index in [1.54, 1.807) is 0 Å². The Morgan fingerprint density at radius 2 is 2.00 bits per heavy atom. The van der Waals surface area contributed by atoms with E-state index in [0.717, 1.165) is 0 Å². The molecule has 0 bridgehead atoms. The molecule has 0 spiro atoms. The summed E-state index contributed by atoms with van der Waals surface area (Å²) >= 11 is 0. The van der Waals surface area contributed by atoms with Gasteiger partial charge in [-0.2, -0.15) is 0 Å². The van der Waals surface area contributed by atoms with Gasteiger partial charge in [0.2, 0.25) is 0 Å². The molecule has 0 unspecified atom stereocenters. The molecule has 0 aromatic rings. The summed E-state index contributed by atoms with van der Waals surface area (Å²) < 4.78 is 0. The second-order valence-corrected chi connectivity index (χ2v) is 0.989. The van der Waals surface area contributed by atoms with Gasteiger partial charge < -0.3 is 5.73 Å². The van der Waals surface area contributed by atoms with E-state index in [4.69, 9.17) is 5.41 Å². The molecule has 0 fully saturated rings. The fourth-order valence-corrected chi connectivity index (χ4v) is 0. The summed E-state index contributed by atoms with van der Waals surface area (Å²) in [5.74, 6) is -0.657. The molecule has 0 aliphatic carbocycles. The zero-order valence-corrected chi connectivity index (χ0v) is 3.49. The van der Waals surface area contributed by atoms with Crippen molar-refractivity contribution in [1.29, 1.82) is 5.41 Å². The van der Waals surface area contributed by atoms with Crippen LogP contribution in [-0.4, -0.2) is 11.6 Å². The van der Waals surface area contributed by atoms with Gasteiger partial charge in [-0.15, -0.1) is 0 Å². The molecule has 0 aromatic carbocycles. The SMILES string of the molecule is CC(=N)C(N)=O. The van der Waals surface area contributed by atoms with Crippen LogP contribution in [0.15, 0.2) is 0 Å². The van der Waals surface area contributed by atoms with Crippen molar-refractivity contribution in [2.75, 3.05) is 0 Å². The van der Waals surface area contributed by atoms with Crippen molar-refractivity contribution >= 4 is 11.6 Å². The van der Waals surface area contributed by atoms with Gasteiger partial charge in [0.15, 0.2) is 0 Å². The average Bonchev–Trinajstić information content (AvgIpc) is 1.36. The van der Waals surface area contributed by atoms with Crippen molar-refractivity contribution in [3.8, 4) is 0 Å². The van der Waals surface area contributed by atoms with Crippen LogP contribution in [0.3, 0.4) is 0 Å². The maximum absolute atomic E-state index is 9.70. The first-order valence-corrected chi connectivity index (χ1v) is 1.49. The van der Waals surface area contributed by atoms with E-state index in [0.29, 0.717) is 0 Å². The smallest absolute Gasteiger partial charge is 0.262 e. The molecule has 0 atom stereocenters. The van der Waals surface area contributed by atoms with Gasteiger partial charge in [0.25, 0.3) is 5.91 Å². The standard InChI is InChI=1S/C3H6N2O/c1-2(4)3(5)6/h4H,1H3,(H2,5,6). The quantitative estimate of drug-likeness (QED) is 0.415. The van der Waals surface area contributed by atoms with Gasteiger partial charge in [-0.1, -0.05) is 0 Å². The van der Waals surface area contributed by atoms with E-state index >= 15 is 0 Å². The summed E-state index contributed by atoms with van der Waals surface area (Å²) in [6.07, 6.45) is 0.